The van der Waals surface area contributed by atoms with Gasteiger partial charge >= 0.3 is 0 Å². The average molecular weight is 197 g/mol. The maximum Gasteiger partial charge on any atom is 0.0118 e. The minimum absolute atomic E-state index is 0.753. The van der Waals surface area contributed by atoms with Crippen LogP contribution < -0.4 is 5.32 Å². The van der Waals surface area contributed by atoms with Gasteiger partial charge in [0, 0.05) is 6.04 Å². The maximum absolute atomic E-state index is 3.54. The van der Waals surface area contributed by atoms with Gasteiger partial charge in [0.15, 0.2) is 0 Å². The Bertz CT molecular complexity index is 155. The van der Waals surface area contributed by atoms with Crippen LogP contribution in [0.1, 0.15) is 52.9 Å². The van der Waals surface area contributed by atoms with Crippen molar-refractivity contribution in [3.63, 3.8) is 0 Å². The van der Waals surface area contributed by atoms with E-state index >= 15 is 0 Å². The van der Waals surface area contributed by atoms with Crippen LogP contribution in [0.3, 0.4) is 0 Å². The molecule has 0 spiro atoms. The lowest BCUT2D eigenvalue weighted by Crippen LogP contribution is -2.40. The average Bonchev–Trinajstić information content (AvgIpc) is 2.19. The number of hydrogen-bond donors (Lipinski definition) is 1. The molecule has 1 nitrogen and oxygen atoms in total. The Hall–Kier alpha value is -0.0400. The van der Waals surface area contributed by atoms with Crippen LogP contribution in [-0.4, -0.2) is 13.1 Å². The number of rotatable bonds is 4. The molecule has 0 aromatic rings. The van der Waals surface area contributed by atoms with Crippen molar-refractivity contribution < 1.29 is 0 Å². The van der Waals surface area contributed by atoms with Crippen molar-refractivity contribution in [2.75, 3.05) is 7.05 Å². The van der Waals surface area contributed by atoms with E-state index in [1.165, 1.54) is 32.1 Å². The molecule has 0 amide bonds. The number of nitrogens with one attached hydrogen (secondary N) is 1. The summed E-state index contributed by atoms with van der Waals surface area (Å²) in [6, 6.07) is 0.753. The fourth-order valence-electron chi connectivity index (χ4n) is 3.05. The van der Waals surface area contributed by atoms with Crippen molar-refractivity contribution in [2.24, 2.45) is 17.8 Å². The Kier molecular flexibility index (Phi) is 4.94. The predicted molar refractivity (Wildman–Crippen MR) is 63.4 cm³/mol. The highest BCUT2D eigenvalue weighted by Gasteiger charge is 2.28. The monoisotopic (exact) mass is 197 g/mol. The van der Waals surface area contributed by atoms with Gasteiger partial charge in [-0.2, -0.15) is 0 Å². The molecular formula is C13H27N. The summed E-state index contributed by atoms with van der Waals surface area (Å²) < 4.78 is 0. The molecule has 1 aliphatic rings. The highest BCUT2D eigenvalue weighted by Crippen LogP contribution is 2.33. The molecule has 0 aromatic carbocycles. The van der Waals surface area contributed by atoms with Crippen LogP contribution in [0.25, 0.3) is 0 Å². The van der Waals surface area contributed by atoms with Gasteiger partial charge in [-0.15, -0.1) is 0 Å². The Labute approximate surface area is 89.7 Å². The first kappa shape index (κ1) is 12.0. The van der Waals surface area contributed by atoms with E-state index in [0.29, 0.717) is 0 Å². The summed E-state index contributed by atoms with van der Waals surface area (Å²) in [5.41, 5.74) is 0. The lowest BCUT2D eigenvalue weighted by atomic mass is 9.75. The second-order valence-corrected chi connectivity index (χ2v) is 5.23. The van der Waals surface area contributed by atoms with E-state index in [2.05, 4.69) is 33.1 Å². The van der Waals surface area contributed by atoms with Crippen molar-refractivity contribution in [1.29, 1.82) is 0 Å². The summed E-state index contributed by atoms with van der Waals surface area (Å²) in [4.78, 5) is 0. The van der Waals surface area contributed by atoms with Gasteiger partial charge in [0.1, 0.15) is 0 Å². The van der Waals surface area contributed by atoms with Gasteiger partial charge < -0.3 is 5.32 Å². The van der Waals surface area contributed by atoms with Crippen molar-refractivity contribution in [3.05, 3.63) is 0 Å². The molecule has 0 bridgehead atoms. The van der Waals surface area contributed by atoms with E-state index in [1.807, 2.05) is 0 Å². The second kappa shape index (κ2) is 5.75. The van der Waals surface area contributed by atoms with E-state index in [-0.39, 0.29) is 0 Å². The van der Waals surface area contributed by atoms with E-state index < -0.39 is 0 Å². The minimum Gasteiger partial charge on any atom is -0.316 e. The van der Waals surface area contributed by atoms with Crippen molar-refractivity contribution in [3.8, 4) is 0 Å². The standard InChI is InChI=1S/C13H27N/c1-5-11(3)13(14-4)12-8-6-7-10(2)9-12/h10-14H,5-9H2,1-4H3. The van der Waals surface area contributed by atoms with Crippen LogP contribution in [0, 0.1) is 17.8 Å². The first-order chi connectivity index (χ1) is 6.69. The molecule has 1 saturated carbocycles. The summed E-state index contributed by atoms with van der Waals surface area (Å²) in [5.74, 6) is 2.71. The molecule has 84 valence electrons. The Morgan fingerprint density at radius 1 is 1.36 bits per heavy atom. The van der Waals surface area contributed by atoms with E-state index in [9.17, 15) is 0 Å². The van der Waals surface area contributed by atoms with Crippen LogP contribution in [0.15, 0.2) is 0 Å². The first-order valence-electron chi connectivity index (χ1n) is 6.36. The third-order valence-electron chi connectivity index (χ3n) is 4.08. The Morgan fingerprint density at radius 2 is 2.07 bits per heavy atom. The lowest BCUT2D eigenvalue weighted by Gasteiger charge is -2.36. The van der Waals surface area contributed by atoms with Gasteiger partial charge in [0.05, 0.1) is 0 Å². The molecule has 4 unspecified atom stereocenters. The van der Waals surface area contributed by atoms with Gasteiger partial charge in [0.2, 0.25) is 0 Å². The first-order valence-corrected chi connectivity index (χ1v) is 6.36. The van der Waals surface area contributed by atoms with Crippen molar-refractivity contribution in [1.82, 2.24) is 5.32 Å². The quantitative estimate of drug-likeness (QED) is 0.728. The zero-order valence-corrected chi connectivity index (χ0v) is 10.3. The minimum atomic E-state index is 0.753. The van der Waals surface area contributed by atoms with Gasteiger partial charge in [-0.25, -0.2) is 0 Å². The zero-order chi connectivity index (χ0) is 10.6. The highest BCUT2D eigenvalue weighted by atomic mass is 14.9. The molecule has 14 heavy (non-hydrogen) atoms. The third-order valence-corrected chi connectivity index (χ3v) is 4.08. The summed E-state index contributed by atoms with van der Waals surface area (Å²) >= 11 is 0. The van der Waals surface area contributed by atoms with Crippen LogP contribution in [0.5, 0.6) is 0 Å². The largest absolute Gasteiger partial charge is 0.316 e. The molecule has 0 radical (unpaired) electrons. The van der Waals surface area contributed by atoms with Crippen LogP contribution in [0.2, 0.25) is 0 Å². The van der Waals surface area contributed by atoms with E-state index in [0.717, 1.165) is 23.8 Å². The molecule has 1 rings (SSSR count). The van der Waals surface area contributed by atoms with E-state index in [4.69, 9.17) is 0 Å². The van der Waals surface area contributed by atoms with Crippen LogP contribution in [0.4, 0.5) is 0 Å². The summed E-state index contributed by atoms with van der Waals surface area (Å²) in [6.45, 7) is 7.11. The highest BCUT2D eigenvalue weighted by molar-refractivity contribution is 4.83. The molecule has 0 aromatic heterocycles. The normalized spacial score (nSPS) is 32.6. The van der Waals surface area contributed by atoms with Gasteiger partial charge in [0.25, 0.3) is 0 Å². The second-order valence-electron chi connectivity index (χ2n) is 5.23. The van der Waals surface area contributed by atoms with Crippen LogP contribution in [-0.2, 0) is 0 Å². The molecule has 1 fully saturated rings. The zero-order valence-electron chi connectivity index (χ0n) is 10.3. The topological polar surface area (TPSA) is 12.0 Å². The SMILES string of the molecule is CCC(C)C(NC)C1CCCC(C)C1. The summed E-state index contributed by atoms with van der Waals surface area (Å²) in [6.07, 6.45) is 7.08. The van der Waals surface area contributed by atoms with Gasteiger partial charge in [-0.05, 0) is 37.6 Å². The predicted octanol–water partition coefficient (Wildman–Crippen LogP) is 3.45. The summed E-state index contributed by atoms with van der Waals surface area (Å²) in [7, 11) is 2.14. The molecule has 0 aliphatic heterocycles. The van der Waals surface area contributed by atoms with Crippen molar-refractivity contribution in [2.45, 2.75) is 58.9 Å². The lowest BCUT2D eigenvalue weighted by molar-refractivity contribution is 0.187. The molecular weight excluding hydrogens is 170 g/mol. The maximum atomic E-state index is 3.54. The van der Waals surface area contributed by atoms with Crippen LogP contribution >= 0.6 is 0 Å². The van der Waals surface area contributed by atoms with Gasteiger partial charge in [-0.3, -0.25) is 0 Å². The fraction of sp³-hybridized carbons (Fsp3) is 1.00. The molecule has 0 saturated heterocycles. The molecule has 4 atom stereocenters. The summed E-state index contributed by atoms with van der Waals surface area (Å²) in [5, 5.41) is 3.54. The van der Waals surface area contributed by atoms with E-state index in [1.54, 1.807) is 0 Å². The third kappa shape index (κ3) is 2.98. The fourth-order valence-corrected chi connectivity index (χ4v) is 3.05. The molecule has 1 aliphatic carbocycles. The molecule has 1 heteroatoms. The number of hydrogen-bond acceptors (Lipinski definition) is 1. The molecule has 1 N–H and O–H groups in total. The van der Waals surface area contributed by atoms with Gasteiger partial charge in [-0.1, -0.05) is 40.0 Å². The Morgan fingerprint density at radius 3 is 2.57 bits per heavy atom. The van der Waals surface area contributed by atoms with Crippen molar-refractivity contribution >= 4 is 0 Å². The smallest absolute Gasteiger partial charge is 0.0118 e. The molecule has 0 heterocycles. The Balaban J connectivity index is 2.50.